The summed E-state index contributed by atoms with van der Waals surface area (Å²) in [7, 11) is 0. The summed E-state index contributed by atoms with van der Waals surface area (Å²) in [4.78, 5) is 31.3. The van der Waals surface area contributed by atoms with E-state index < -0.39 is 6.04 Å². The second-order valence-electron chi connectivity index (χ2n) is 8.32. The third-order valence-electron chi connectivity index (χ3n) is 5.84. The van der Waals surface area contributed by atoms with Gasteiger partial charge in [0.25, 0.3) is 0 Å². The minimum absolute atomic E-state index is 0.0221. The predicted octanol–water partition coefficient (Wildman–Crippen LogP) is 5.24. The van der Waals surface area contributed by atoms with Crippen LogP contribution in [-0.4, -0.2) is 15.8 Å². The van der Waals surface area contributed by atoms with Gasteiger partial charge in [-0.1, -0.05) is 42.5 Å². The second-order valence-corrected chi connectivity index (χ2v) is 9.35. The highest BCUT2D eigenvalue weighted by molar-refractivity contribution is 7.09. The van der Waals surface area contributed by atoms with E-state index in [2.05, 4.69) is 10.3 Å². The molecule has 1 atom stereocenters. The van der Waals surface area contributed by atoms with Crippen LogP contribution in [0.15, 0.2) is 106 Å². The van der Waals surface area contributed by atoms with Gasteiger partial charge in [-0.3, -0.25) is 14.9 Å². The lowest BCUT2D eigenvalue weighted by Crippen LogP contribution is -2.40. The number of pyridine rings is 1. The summed E-state index contributed by atoms with van der Waals surface area (Å²) in [5, 5.41) is 6.44. The first kappa shape index (κ1) is 22.8. The van der Waals surface area contributed by atoms with Crippen molar-refractivity contribution in [2.45, 2.75) is 25.7 Å². The van der Waals surface area contributed by atoms with E-state index in [0.29, 0.717) is 19.6 Å². The summed E-state index contributed by atoms with van der Waals surface area (Å²) in [6.07, 6.45) is 1.63. The van der Waals surface area contributed by atoms with Crippen LogP contribution in [0, 0.1) is 0 Å². The van der Waals surface area contributed by atoms with E-state index in [0.717, 1.165) is 32.7 Å². The maximum absolute atomic E-state index is 14.0. The van der Waals surface area contributed by atoms with Crippen molar-refractivity contribution in [2.24, 2.45) is 0 Å². The fourth-order valence-electron chi connectivity index (χ4n) is 4.10. The standard InChI is InChI=1S/C28H25N3O3S/c32-26-13-11-22-16-20(10-12-25(22)30-26)17-29-27(21-6-2-1-3-7-21)28(33)31(18-23-8-4-14-34-23)19-24-9-5-15-35-24/h1-16,27,29H,17-19H2,(H,30,32)/t27-/m1/s1. The van der Waals surface area contributed by atoms with E-state index in [1.54, 1.807) is 17.6 Å². The summed E-state index contributed by atoms with van der Waals surface area (Å²) >= 11 is 1.63. The highest BCUT2D eigenvalue weighted by Gasteiger charge is 2.27. The Balaban J connectivity index is 1.41. The van der Waals surface area contributed by atoms with Gasteiger partial charge in [0.05, 0.1) is 19.4 Å². The van der Waals surface area contributed by atoms with Crippen LogP contribution >= 0.6 is 11.3 Å². The molecule has 2 N–H and O–H groups in total. The Morgan fingerprint density at radius 1 is 0.971 bits per heavy atom. The summed E-state index contributed by atoms with van der Waals surface area (Å²) in [6.45, 7) is 1.39. The van der Waals surface area contributed by atoms with Crippen LogP contribution in [0.5, 0.6) is 0 Å². The zero-order chi connectivity index (χ0) is 24.0. The number of furan rings is 1. The molecule has 35 heavy (non-hydrogen) atoms. The van der Waals surface area contributed by atoms with Crippen molar-refractivity contribution in [3.63, 3.8) is 0 Å². The van der Waals surface area contributed by atoms with E-state index in [1.165, 1.54) is 6.07 Å². The molecule has 0 aliphatic rings. The number of aromatic amines is 1. The monoisotopic (exact) mass is 483 g/mol. The Kier molecular flexibility index (Phi) is 6.88. The first-order valence-corrected chi connectivity index (χ1v) is 12.3. The molecule has 7 heteroatoms. The molecule has 0 aliphatic heterocycles. The summed E-state index contributed by atoms with van der Waals surface area (Å²) in [5.74, 6) is 0.719. The van der Waals surface area contributed by atoms with Crippen LogP contribution in [0.4, 0.5) is 0 Å². The van der Waals surface area contributed by atoms with Gasteiger partial charge >= 0.3 is 0 Å². The van der Waals surface area contributed by atoms with Gasteiger partial charge in [-0.15, -0.1) is 11.3 Å². The van der Waals surface area contributed by atoms with Gasteiger partial charge in [0.1, 0.15) is 11.8 Å². The fraction of sp³-hybridized carbons (Fsp3) is 0.143. The van der Waals surface area contributed by atoms with Crippen LogP contribution in [0.1, 0.15) is 27.8 Å². The van der Waals surface area contributed by atoms with E-state index in [-0.39, 0.29) is 11.5 Å². The van der Waals surface area contributed by atoms with Crippen LogP contribution in [0.2, 0.25) is 0 Å². The van der Waals surface area contributed by atoms with E-state index >= 15 is 0 Å². The van der Waals surface area contributed by atoms with Crippen molar-refractivity contribution < 1.29 is 9.21 Å². The quantitative estimate of drug-likeness (QED) is 0.300. The summed E-state index contributed by atoms with van der Waals surface area (Å²) in [6, 6.07) is 26.2. The number of thiophene rings is 1. The molecule has 176 valence electrons. The molecule has 0 aliphatic carbocycles. The normalized spacial score (nSPS) is 12.0. The average Bonchev–Trinajstić information content (AvgIpc) is 3.59. The van der Waals surface area contributed by atoms with Crippen molar-refractivity contribution in [3.8, 4) is 0 Å². The summed E-state index contributed by atoms with van der Waals surface area (Å²) in [5.41, 5.74) is 2.59. The van der Waals surface area contributed by atoms with Gasteiger partial charge in [-0.25, -0.2) is 0 Å². The molecule has 0 saturated carbocycles. The molecule has 0 spiro atoms. The molecule has 5 aromatic rings. The summed E-state index contributed by atoms with van der Waals surface area (Å²) < 4.78 is 5.56. The number of nitrogens with one attached hydrogen (secondary N) is 2. The van der Waals surface area contributed by atoms with Gasteiger partial charge in [-0.05, 0) is 58.3 Å². The SMILES string of the molecule is O=C([C@H](NCc1ccc2[nH]c(=O)ccc2c1)c1ccccc1)N(Cc1ccco1)Cc1cccs1. The van der Waals surface area contributed by atoms with E-state index in [4.69, 9.17) is 4.42 Å². The van der Waals surface area contributed by atoms with Gasteiger partial charge in [0.2, 0.25) is 11.5 Å². The molecule has 3 heterocycles. The third-order valence-corrected chi connectivity index (χ3v) is 6.70. The number of fused-ring (bicyclic) bond motifs is 1. The van der Waals surface area contributed by atoms with Crippen molar-refractivity contribution in [2.75, 3.05) is 0 Å². The first-order valence-electron chi connectivity index (χ1n) is 11.4. The number of H-pyrrole nitrogens is 1. The number of aromatic nitrogens is 1. The highest BCUT2D eigenvalue weighted by atomic mass is 32.1. The van der Waals surface area contributed by atoms with Gasteiger partial charge < -0.3 is 14.3 Å². The first-order chi connectivity index (χ1) is 17.2. The number of amides is 1. The highest BCUT2D eigenvalue weighted by Crippen LogP contribution is 2.22. The minimum atomic E-state index is -0.530. The minimum Gasteiger partial charge on any atom is -0.467 e. The lowest BCUT2D eigenvalue weighted by Gasteiger charge is -2.27. The molecule has 0 bridgehead atoms. The maximum atomic E-state index is 14.0. The lowest BCUT2D eigenvalue weighted by atomic mass is 10.0. The van der Waals surface area contributed by atoms with Crippen molar-refractivity contribution in [1.29, 1.82) is 0 Å². The van der Waals surface area contributed by atoms with Crippen LogP contribution in [0.3, 0.4) is 0 Å². The Morgan fingerprint density at radius 2 is 1.86 bits per heavy atom. The zero-order valence-electron chi connectivity index (χ0n) is 19.0. The van der Waals surface area contributed by atoms with Gasteiger partial charge in [0.15, 0.2) is 0 Å². The Morgan fingerprint density at radius 3 is 2.63 bits per heavy atom. The Hall–Kier alpha value is -3.94. The maximum Gasteiger partial charge on any atom is 0.248 e. The van der Waals surface area contributed by atoms with Gasteiger partial charge in [0, 0.05) is 23.0 Å². The predicted molar refractivity (Wildman–Crippen MR) is 138 cm³/mol. The lowest BCUT2D eigenvalue weighted by molar-refractivity contribution is -0.135. The topological polar surface area (TPSA) is 78.3 Å². The molecule has 0 radical (unpaired) electrons. The Bertz CT molecular complexity index is 1410. The third kappa shape index (κ3) is 5.59. The Labute approximate surface area is 206 Å². The molecule has 1 amide bonds. The van der Waals surface area contributed by atoms with Crippen molar-refractivity contribution >= 4 is 28.1 Å². The number of hydrogen-bond acceptors (Lipinski definition) is 5. The number of hydrogen-bond donors (Lipinski definition) is 2. The van der Waals surface area contributed by atoms with E-state index in [1.807, 2.05) is 89.1 Å². The molecule has 5 rings (SSSR count). The zero-order valence-corrected chi connectivity index (χ0v) is 19.8. The van der Waals surface area contributed by atoms with Crippen molar-refractivity contribution in [3.05, 3.63) is 129 Å². The molecule has 0 unspecified atom stereocenters. The van der Waals surface area contributed by atoms with Crippen LogP contribution < -0.4 is 10.9 Å². The number of benzene rings is 2. The number of rotatable bonds is 9. The van der Waals surface area contributed by atoms with Gasteiger partial charge in [-0.2, -0.15) is 0 Å². The molecule has 3 aromatic heterocycles. The second kappa shape index (κ2) is 10.5. The number of nitrogens with zero attached hydrogens (tertiary/aromatic N) is 1. The molecule has 0 saturated heterocycles. The molecule has 6 nitrogen and oxygen atoms in total. The van der Waals surface area contributed by atoms with Crippen LogP contribution in [-0.2, 0) is 24.4 Å². The number of carbonyl (C=O) groups excluding carboxylic acids is 1. The van der Waals surface area contributed by atoms with E-state index in [9.17, 15) is 9.59 Å². The average molecular weight is 484 g/mol. The van der Waals surface area contributed by atoms with Crippen molar-refractivity contribution in [1.82, 2.24) is 15.2 Å². The molecular formula is C28H25N3O3S. The molecular weight excluding hydrogens is 458 g/mol. The number of carbonyl (C=O) groups is 1. The largest absolute Gasteiger partial charge is 0.467 e. The molecule has 0 fully saturated rings. The molecule has 2 aromatic carbocycles. The van der Waals surface area contributed by atoms with Crippen LogP contribution in [0.25, 0.3) is 10.9 Å². The smallest absolute Gasteiger partial charge is 0.248 e. The fourth-order valence-corrected chi connectivity index (χ4v) is 4.82.